The second-order valence-corrected chi connectivity index (χ2v) is 8.07. The zero-order valence-corrected chi connectivity index (χ0v) is 16.0. The van der Waals surface area contributed by atoms with Crippen LogP contribution >= 0.6 is 0 Å². The van der Waals surface area contributed by atoms with Crippen molar-refractivity contribution in [1.82, 2.24) is 4.90 Å². The molecule has 1 fully saturated rings. The van der Waals surface area contributed by atoms with Crippen LogP contribution in [0.2, 0.25) is 0 Å². The highest BCUT2D eigenvalue weighted by Crippen LogP contribution is 2.46. The van der Waals surface area contributed by atoms with E-state index in [9.17, 15) is 15.0 Å². The Morgan fingerprint density at radius 2 is 1.85 bits per heavy atom. The van der Waals surface area contributed by atoms with Crippen molar-refractivity contribution in [3.05, 3.63) is 47.1 Å². The standard InChI is InChI=1S/C22H29NO3/c1-13(2)18-6-5-14(3)7-19(18)22-20(25)9-16(10-21(22)26)8-17-11-23(12-17)15(4)24/h7,9-10,17-19,25-26H,1,5-6,8,11-12H2,2-4H3/t18-,19+/m0/s1. The van der Waals surface area contributed by atoms with E-state index in [4.69, 9.17) is 0 Å². The lowest BCUT2D eigenvalue weighted by Crippen LogP contribution is -2.49. The van der Waals surface area contributed by atoms with Crippen LogP contribution < -0.4 is 0 Å². The van der Waals surface area contributed by atoms with Crippen LogP contribution in [0.1, 0.15) is 50.7 Å². The number of hydrogen-bond donors (Lipinski definition) is 2. The molecule has 1 aliphatic heterocycles. The third-order valence-corrected chi connectivity index (χ3v) is 5.84. The molecule has 0 aromatic heterocycles. The van der Waals surface area contributed by atoms with Gasteiger partial charge >= 0.3 is 0 Å². The largest absolute Gasteiger partial charge is 0.507 e. The van der Waals surface area contributed by atoms with Gasteiger partial charge in [-0.1, -0.05) is 23.8 Å². The predicted molar refractivity (Wildman–Crippen MR) is 103 cm³/mol. The maximum absolute atomic E-state index is 11.3. The van der Waals surface area contributed by atoms with E-state index in [2.05, 4.69) is 19.6 Å². The Kier molecular flexibility index (Phi) is 5.12. The van der Waals surface area contributed by atoms with Crippen LogP contribution in [0.25, 0.3) is 0 Å². The normalized spacial score (nSPS) is 23.3. The summed E-state index contributed by atoms with van der Waals surface area (Å²) in [5.41, 5.74) is 3.90. The summed E-state index contributed by atoms with van der Waals surface area (Å²) in [6.07, 6.45) is 4.94. The van der Waals surface area contributed by atoms with Crippen molar-refractivity contribution in [3.63, 3.8) is 0 Å². The van der Waals surface area contributed by atoms with Gasteiger partial charge in [0.15, 0.2) is 0 Å². The minimum Gasteiger partial charge on any atom is -0.507 e. The van der Waals surface area contributed by atoms with Crippen LogP contribution in [0.5, 0.6) is 11.5 Å². The molecule has 4 nitrogen and oxygen atoms in total. The number of nitrogens with zero attached hydrogens (tertiary/aromatic N) is 1. The number of hydrogen-bond acceptors (Lipinski definition) is 3. The van der Waals surface area contributed by atoms with Crippen molar-refractivity contribution in [2.75, 3.05) is 13.1 Å². The van der Waals surface area contributed by atoms with Gasteiger partial charge in [0.1, 0.15) is 11.5 Å². The zero-order chi connectivity index (χ0) is 19.0. The van der Waals surface area contributed by atoms with Crippen LogP contribution in [0.3, 0.4) is 0 Å². The fourth-order valence-electron chi connectivity index (χ4n) is 4.33. The van der Waals surface area contributed by atoms with Gasteiger partial charge in [-0.25, -0.2) is 0 Å². The number of carbonyl (C=O) groups is 1. The highest BCUT2D eigenvalue weighted by atomic mass is 16.3. The summed E-state index contributed by atoms with van der Waals surface area (Å²) >= 11 is 0. The summed E-state index contributed by atoms with van der Waals surface area (Å²) in [6.45, 7) is 11.3. The number of likely N-dealkylation sites (tertiary alicyclic amines) is 1. The van der Waals surface area contributed by atoms with E-state index in [1.54, 1.807) is 19.1 Å². The summed E-state index contributed by atoms with van der Waals surface area (Å²) in [4.78, 5) is 13.1. The average Bonchev–Trinajstić information content (AvgIpc) is 2.49. The monoisotopic (exact) mass is 355 g/mol. The van der Waals surface area contributed by atoms with E-state index in [1.807, 2.05) is 11.8 Å². The molecule has 1 heterocycles. The maximum Gasteiger partial charge on any atom is 0.219 e. The van der Waals surface area contributed by atoms with Crippen LogP contribution in [-0.4, -0.2) is 34.1 Å². The van der Waals surface area contributed by atoms with E-state index in [0.29, 0.717) is 11.5 Å². The number of phenolic OH excluding ortho intramolecular Hbond substituents is 2. The average molecular weight is 355 g/mol. The second-order valence-electron chi connectivity index (χ2n) is 8.07. The fourth-order valence-corrected chi connectivity index (χ4v) is 4.33. The Labute approximate surface area is 155 Å². The number of benzene rings is 1. The number of carbonyl (C=O) groups excluding carboxylic acids is 1. The molecule has 1 aromatic rings. The lowest BCUT2D eigenvalue weighted by Gasteiger charge is -2.39. The van der Waals surface area contributed by atoms with E-state index >= 15 is 0 Å². The molecule has 1 aliphatic carbocycles. The Morgan fingerprint density at radius 3 is 2.38 bits per heavy atom. The number of allylic oxidation sites excluding steroid dienone is 3. The Hall–Kier alpha value is -2.23. The van der Waals surface area contributed by atoms with E-state index < -0.39 is 0 Å². The van der Waals surface area contributed by atoms with Crippen molar-refractivity contribution in [1.29, 1.82) is 0 Å². The van der Waals surface area contributed by atoms with E-state index in [1.165, 1.54) is 5.57 Å². The Bertz CT molecular complexity index is 736. The Morgan fingerprint density at radius 1 is 1.23 bits per heavy atom. The first-order valence-corrected chi connectivity index (χ1v) is 9.39. The molecule has 2 N–H and O–H groups in total. The zero-order valence-electron chi connectivity index (χ0n) is 16.0. The molecule has 2 atom stereocenters. The van der Waals surface area contributed by atoms with Gasteiger partial charge in [0.05, 0.1) is 0 Å². The predicted octanol–water partition coefficient (Wildman–Crippen LogP) is 4.13. The van der Waals surface area contributed by atoms with Crippen LogP contribution in [0.15, 0.2) is 35.9 Å². The lowest BCUT2D eigenvalue weighted by atomic mass is 9.73. The van der Waals surface area contributed by atoms with Gasteiger partial charge in [-0.15, -0.1) is 0 Å². The third kappa shape index (κ3) is 3.64. The van der Waals surface area contributed by atoms with Crippen molar-refractivity contribution in [2.24, 2.45) is 11.8 Å². The van der Waals surface area contributed by atoms with Gasteiger partial charge in [0.2, 0.25) is 5.91 Å². The quantitative estimate of drug-likeness (QED) is 0.798. The van der Waals surface area contributed by atoms with Crippen molar-refractivity contribution in [3.8, 4) is 11.5 Å². The highest BCUT2D eigenvalue weighted by Gasteiger charge is 2.32. The van der Waals surface area contributed by atoms with Gasteiger partial charge in [0, 0.05) is 31.5 Å². The van der Waals surface area contributed by atoms with E-state index in [-0.39, 0.29) is 29.2 Å². The fraction of sp³-hybridized carbons (Fsp3) is 0.500. The van der Waals surface area contributed by atoms with Gasteiger partial charge in [0.25, 0.3) is 0 Å². The highest BCUT2D eigenvalue weighted by molar-refractivity contribution is 5.74. The molecule has 2 aliphatic rings. The van der Waals surface area contributed by atoms with E-state index in [0.717, 1.165) is 43.5 Å². The third-order valence-electron chi connectivity index (χ3n) is 5.84. The second kappa shape index (κ2) is 7.18. The summed E-state index contributed by atoms with van der Waals surface area (Å²) < 4.78 is 0. The van der Waals surface area contributed by atoms with Gasteiger partial charge in [-0.2, -0.15) is 0 Å². The number of aromatic hydroxyl groups is 2. The topological polar surface area (TPSA) is 60.8 Å². The first kappa shape index (κ1) is 18.6. The maximum atomic E-state index is 11.3. The van der Waals surface area contributed by atoms with Crippen molar-refractivity contribution >= 4 is 5.91 Å². The number of rotatable bonds is 4. The smallest absolute Gasteiger partial charge is 0.219 e. The summed E-state index contributed by atoms with van der Waals surface area (Å²) in [5, 5.41) is 21.3. The molecule has 1 saturated heterocycles. The minimum absolute atomic E-state index is 0.0350. The lowest BCUT2D eigenvalue weighted by molar-refractivity contribution is -0.134. The molecule has 0 spiro atoms. The first-order chi connectivity index (χ1) is 12.3. The summed E-state index contributed by atoms with van der Waals surface area (Å²) in [5.74, 6) is 1.01. The Balaban J connectivity index is 1.82. The molecular weight excluding hydrogens is 326 g/mol. The van der Waals surface area contributed by atoms with Crippen LogP contribution in [0, 0.1) is 11.8 Å². The molecule has 4 heteroatoms. The van der Waals surface area contributed by atoms with Gasteiger partial charge in [-0.3, -0.25) is 4.79 Å². The molecule has 26 heavy (non-hydrogen) atoms. The van der Waals surface area contributed by atoms with Crippen molar-refractivity contribution < 1.29 is 15.0 Å². The van der Waals surface area contributed by atoms with Crippen molar-refractivity contribution in [2.45, 2.75) is 46.0 Å². The molecule has 3 rings (SSSR count). The molecular formula is C22H29NO3. The van der Waals surface area contributed by atoms with Crippen LogP contribution in [0.4, 0.5) is 0 Å². The molecule has 0 unspecified atom stereocenters. The molecule has 1 amide bonds. The molecule has 140 valence electrons. The number of phenols is 2. The molecule has 0 radical (unpaired) electrons. The SMILES string of the molecule is C=C(C)[C@@H]1CCC(C)=C[C@H]1c1c(O)cc(CC2CN(C(C)=O)C2)cc1O. The first-order valence-electron chi connectivity index (χ1n) is 9.39. The molecule has 0 saturated carbocycles. The minimum atomic E-state index is -0.0350. The van der Waals surface area contributed by atoms with Gasteiger partial charge < -0.3 is 15.1 Å². The molecule has 0 bridgehead atoms. The molecule has 1 aromatic carbocycles. The van der Waals surface area contributed by atoms with Gasteiger partial charge in [-0.05, 0) is 62.6 Å². The summed E-state index contributed by atoms with van der Waals surface area (Å²) in [6, 6.07) is 3.55. The van der Waals surface area contributed by atoms with Crippen LogP contribution in [-0.2, 0) is 11.2 Å². The summed E-state index contributed by atoms with van der Waals surface area (Å²) in [7, 11) is 0. The number of amides is 1.